The van der Waals surface area contributed by atoms with Gasteiger partial charge in [-0.15, -0.1) is 10.2 Å². The van der Waals surface area contributed by atoms with Crippen LogP contribution in [-0.4, -0.2) is 26.3 Å². The molecule has 146 valence electrons. The number of nitrogens with zero attached hydrogens (tertiary/aromatic N) is 3. The molecule has 0 bridgehead atoms. The molecule has 0 aliphatic heterocycles. The number of thioether (sulfide) groups is 1. The third-order valence-electron chi connectivity index (χ3n) is 4.86. The molecule has 0 fully saturated rings. The van der Waals surface area contributed by atoms with Crippen molar-refractivity contribution < 1.29 is 9.53 Å². The van der Waals surface area contributed by atoms with Gasteiger partial charge in [0.15, 0.2) is 16.8 Å². The van der Waals surface area contributed by atoms with E-state index in [0.29, 0.717) is 28.9 Å². The van der Waals surface area contributed by atoms with E-state index in [0.717, 1.165) is 11.3 Å². The van der Waals surface area contributed by atoms with Crippen LogP contribution in [0, 0.1) is 6.92 Å². The second-order valence-electron chi connectivity index (χ2n) is 6.73. The van der Waals surface area contributed by atoms with Gasteiger partial charge in [-0.05, 0) is 29.3 Å². The number of carbonyl (C=O) groups excluding carboxylic acids is 1. The molecule has 0 aliphatic carbocycles. The van der Waals surface area contributed by atoms with Crippen LogP contribution in [0.15, 0.2) is 71.9 Å². The van der Waals surface area contributed by atoms with Gasteiger partial charge in [0.25, 0.3) is 0 Å². The molecule has 0 atom stereocenters. The molecule has 4 rings (SSSR count). The zero-order chi connectivity index (χ0) is 20.2. The highest BCUT2D eigenvalue weighted by Crippen LogP contribution is 2.28. The molecule has 0 saturated carbocycles. The molecule has 3 aromatic carbocycles. The van der Waals surface area contributed by atoms with Crippen LogP contribution in [-0.2, 0) is 13.7 Å². The maximum atomic E-state index is 12.3. The quantitative estimate of drug-likeness (QED) is 0.327. The van der Waals surface area contributed by atoms with Gasteiger partial charge < -0.3 is 9.30 Å². The molecule has 0 unspecified atom stereocenters. The normalized spacial score (nSPS) is 11.0. The standard InChI is InChI=1S/C23H21N3O2S/c1-16-19-11-7-6-8-17(19)12-13-21(16)28-14-22-24-25-23(26(22)2)29-15-20(27)18-9-4-3-5-10-18/h3-13H,14-15H2,1-2H3. The zero-order valence-corrected chi connectivity index (χ0v) is 17.1. The molecule has 0 amide bonds. The summed E-state index contributed by atoms with van der Waals surface area (Å²) in [6.45, 7) is 2.38. The van der Waals surface area contributed by atoms with Gasteiger partial charge in [0, 0.05) is 12.6 Å². The predicted molar refractivity (Wildman–Crippen MR) is 116 cm³/mol. The first-order valence-electron chi connectivity index (χ1n) is 9.34. The third-order valence-corrected chi connectivity index (χ3v) is 5.88. The summed E-state index contributed by atoms with van der Waals surface area (Å²) in [5, 5.41) is 11.5. The summed E-state index contributed by atoms with van der Waals surface area (Å²) in [4.78, 5) is 12.3. The Bertz CT molecular complexity index is 1160. The lowest BCUT2D eigenvalue weighted by Crippen LogP contribution is -2.06. The van der Waals surface area contributed by atoms with E-state index in [1.54, 1.807) is 0 Å². The van der Waals surface area contributed by atoms with Crippen LogP contribution in [0.4, 0.5) is 0 Å². The van der Waals surface area contributed by atoms with Crippen molar-refractivity contribution in [2.24, 2.45) is 7.05 Å². The van der Waals surface area contributed by atoms with E-state index in [4.69, 9.17) is 4.74 Å². The van der Waals surface area contributed by atoms with E-state index in [-0.39, 0.29) is 5.78 Å². The summed E-state index contributed by atoms with van der Waals surface area (Å²) in [5.74, 6) is 1.94. The van der Waals surface area contributed by atoms with Crippen molar-refractivity contribution in [2.45, 2.75) is 18.7 Å². The van der Waals surface area contributed by atoms with Crippen molar-refractivity contribution in [3.63, 3.8) is 0 Å². The van der Waals surface area contributed by atoms with Crippen molar-refractivity contribution in [3.8, 4) is 5.75 Å². The molecule has 1 aromatic heterocycles. The topological polar surface area (TPSA) is 57.0 Å². The maximum Gasteiger partial charge on any atom is 0.191 e. The summed E-state index contributed by atoms with van der Waals surface area (Å²) in [6, 6.07) is 21.6. The van der Waals surface area contributed by atoms with E-state index >= 15 is 0 Å². The van der Waals surface area contributed by atoms with Gasteiger partial charge in [0.2, 0.25) is 0 Å². The van der Waals surface area contributed by atoms with Gasteiger partial charge in [0.05, 0.1) is 5.75 Å². The molecule has 0 radical (unpaired) electrons. The van der Waals surface area contributed by atoms with Crippen molar-refractivity contribution in [2.75, 3.05) is 5.75 Å². The lowest BCUT2D eigenvalue weighted by Gasteiger charge is -2.11. The highest BCUT2D eigenvalue weighted by atomic mass is 32.2. The first-order valence-corrected chi connectivity index (χ1v) is 10.3. The maximum absolute atomic E-state index is 12.3. The number of aryl methyl sites for hydroxylation is 1. The molecule has 0 saturated heterocycles. The lowest BCUT2D eigenvalue weighted by atomic mass is 10.0. The van der Waals surface area contributed by atoms with Gasteiger partial charge in [0.1, 0.15) is 12.4 Å². The number of ketones is 1. The van der Waals surface area contributed by atoms with Crippen molar-refractivity contribution in [3.05, 3.63) is 83.7 Å². The fraction of sp³-hybridized carbons (Fsp3) is 0.174. The number of ether oxygens (including phenoxy) is 1. The molecule has 0 aliphatic rings. The van der Waals surface area contributed by atoms with Crippen molar-refractivity contribution in [1.29, 1.82) is 0 Å². The molecular weight excluding hydrogens is 382 g/mol. The smallest absolute Gasteiger partial charge is 0.191 e. The molecule has 1 heterocycles. The average molecular weight is 404 g/mol. The minimum atomic E-state index is 0.0724. The largest absolute Gasteiger partial charge is 0.485 e. The number of hydrogen-bond donors (Lipinski definition) is 0. The van der Waals surface area contributed by atoms with E-state index in [1.165, 1.54) is 22.5 Å². The Labute approximate surface area is 173 Å². The minimum absolute atomic E-state index is 0.0724. The number of benzene rings is 3. The van der Waals surface area contributed by atoms with Crippen LogP contribution in [0.25, 0.3) is 10.8 Å². The minimum Gasteiger partial charge on any atom is -0.485 e. The summed E-state index contributed by atoms with van der Waals surface area (Å²) >= 11 is 1.38. The number of aromatic nitrogens is 3. The lowest BCUT2D eigenvalue weighted by molar-refractivity contribution is 0.102. The number of fused-ring (bicyclic) bond motifs is 1. The molecule has 29 heavy (non-hydrogen) atoms. The van der Waals surface area contributed by atoms with Gasteiger partial charge in [-0.1, -0.05) is 72.4 Å². The van der Waals surface area contributed by atoms with E-state index < -0.39 is 0 Å². The summed E-state index contributed by atoms with van der Waals surface area (Å²) in [5.41, 5.74) is 1.81. The van der Waals surface area contributed by atoms with Gasteiger partial charge >= 0.3 is 0 Å². The second kappa shape index (κ2) is 8.49. The highest BCUT2D eigenvalue weighted by Gasteiger charge is 2.13. The molecule has 0 spiro atoms. The number of Topliss-reactive ketones (excluding diaryl/α,β-unsaturated/α-hetero) is 1. The number of rotatable bonds is 7. The van der Waals surface area contributed by atoms with Crippen LogP contribution in [0.5, 0.6) is 5.75 Å². The first kappa shape index (κ1) is 19.2. The summed E-state index contributed by atoms with van der Waals surface area (Å²) < 4.78 is 7.89. The SMILES string of the molecule is Cc1c(OCc2nnc(SCC(=O)c3ccccc3)n2C)ccc2ccccc12. The molecular formula is C23H21N3O2S. The second-order valence-corrected chi connectivity index (χ2v) is 7.68. The molecule has 4 aromatic rings. The Kier molecular flexibility index (Phi) is 5.62. The van der Waals surface area contributed by atoms with Crippen LogP contribution in [0.3, 0.4) is 0 Å². The fourth-order valence-electron chi connectivity index (χ4n) is 3.14. The monoisotopic (exact) mass is 403 g/mol. The molecule has 5 nitrogen and oxygen atoms in total. The van der Waals surface area contributed by atoms with Crippen molar-refractivity contribution in [1.82, 2.24) is 14.8 Å². The Morgan fingerprint density at radius 2 is 1.76 bits per heavy atom. The summed E-state index contributed by atoms with van der Waals surface area (Å²) in [6.07, 6.45) is 0. The third kappa shape index (κ3) is 4.17. The average Bonchev–Trinajstić information content (AvgIpc) is 3.12. The highest BCUT2D eigenvalue weighted by molar-refractivity contribution is 7.99. The Balaban J connectivity index is 1.41. The molecule has 6 heteroatoms. The van der Waals surface area contributed by atoms with E-state index in [2.05, 4.69) is 35.3 Å². The van der Waals surface area contributed by atoms with Crippen LogP contribution < -0.4 is 4.74 Å². The van der Waals surface area contributed by atoms with Crippen LogP contribution >= 0.6 is 11.8 Å². The Morgan fingerprint density at radius 3 is 2.59 bits per heavy atom. The first-order chi connectivity index (χ1) is 14.1. The Hall–Kier alpha value is -3.12. The van der Waals surface area contributed by atoms with Gasteiger partial charge in [-0.3, -0.25) is 4.79 Å². The van der Waals surface area contributed by atoms with Crippen LogP contribution in [0.2, 0.25) is 0 Å². The van der Waals surface area contributed by atoms with Gasteiger partial charge in [-0.2, -0.15) is 0 Å². The fourth-order valence-corrected chi connectivity index (χ4v) is 3.96. The summed E-state index contributed by atoms with van der Waals surface area (Å²) in [7, 11) is 1.89. The van der Waals surface area contributed by atoms with E-state index in [1.807, 2.05) is 60.1 Å². The number of carbonyl (C=O) groups is 1. The zero-order valence-electron chi connectivity index (χ0n) is 16.3. The Morgan fingerprint density at radius 1 is 1.00 bits per heavy atom. The van der Waals surface area contributed by atoms with Gasteiger partial charge in [-0.25, -0.2) is 0 Å². The molecule has 0 N–H and O–H groups in total. The predicted octanol–water partition coefficient (Wildman–Crippen LogP) is 4.83. The van der Waals surface area contributed by atoms with Crippen LogP contribution in [0.1, 0.15) is 21.7 Å². The van der Waals surface area contributed by atoms with E-state index in [9.17, 15) is 4.79 Å². The van der Waals surface area contributed by atoms with Crippen molar-refractivity contribution >= 4 is 28.3 Å². The number of hydrogen-bond acceptors (Lipinski definition) is 5.